The number of nitrogens with zero attached hydrogens (tertiary/aromatic N) is 3. The van der Waals surface area contributed by atoms with Crippen molar-refractivity contribution < 1.29 is 17.9 Å². The minimum absolute atomic E-state index is 0.0607. The lowest BCUT2D eigenvalue weighted by molar-refractivity contribution is -0.170. The summed E-state index contributed by atoms with van der Waals surface area (Å²) in [5.41, 5.74) is 3.56. The molecule has 3 heterocycles. The zero-order chi connectivity index (χ0) is 26.2. The van der Waals surface area contributed by atoms with Gasteiger partial charge in [0.2, 0.25) is 15.9 Å². The van der Waals surface area contributed by atoms with Gasteiger partial charge in [-0.2, -0.15) is 4.31 Å². The third-order valence-electron chi connectivity index (χ3n) is 7.55. The lowest BCUT2D eigenvalue weighted by Crippen LogP contribution is -2.59. The Morgan fingerprint density at radius 1 is 0.973 bits per heavy atom. The number of carbonyl (C=O) groups excluding carboxylic acids is 1. The van der Waals surface area contributed by atoms with E-state index in [1.165, 1.54) is 0 Å². The molecule has 8 heteroatoms. The van der Waals surface area contributed by atoms with Crippen molar-refractivity contribution in [3.8, 4) is 11.1 Å². The smallest absolute Gasteiger partial charge is 0.248 e. The summed E-state index contributed by atoms with van der Waals surface area (Å²) in [5, 5.41) is 1.09. The highest BCUT2D eigenvalue weighted by atomic mass is 32.2. The zero-order valence-corrected chi connectivity index (χ0v) is 22.6. The van der Waals surface area contributed by atoms with Crippen LogP contribution in [-0.4, -0.2) is 66.4 Å². The van der Waals surface area contributed by atoms with Crippen molar-refractivity contribution >= 4 is 26.8 Å². The van der Waals surface area contributed by atoms with Gasteiger partial charge in [0, 0.05) is 30.7 Å². The van der Waals surface area contributed by atoms with Gasteiger partial charge in [0.15, 0.2) is 0 Å². The number of aromatic nitrogens is 1. The van der Waals surface area contributed by atoms with Gasteiger partial charge in [-0.1, -0.05) is 38.1 Å². The molecule has 2 aromatic carbocycles. The first kappa shape index (κ1) is 25.8. The van der Waals surface area contributed by atoms with Crippen LogP contribution in [0.15, 0.2) is 59.6 Å². The average Bonchev–Trinajstić information content (AvgIpc) is 3.77. The van der Waals surface area contributed by atoms with E-state index in [2.05, 4.69) is 11.1 Å². The van der Waals surface area contributed by atoms with Crippen LogP contribution in [0.2, 0.25) is 0 Å². The van der Waals surface area contributed by atoms with Crippen LogP contribution in [0.4, 0.5) is 0 Å². The molecule has 3 aromatic rings. The molecule has 3 fully saturated rings. The fourth-order valence-electron chi connectivity index (χ4n) is 5.28. The molecule has 0 bridgehead atoms. The number of carbonyl (C=O) groups is 1. The number of rotatable bonds is 4. The number of piperidine rings is 1. The lowest BCUT2D eigenvalue weighted by atomic mass is 9.90. The number of hydrogen-bond acceptors (Lipinski definition) is 5. The molecule has 1 aliphatic carbocycles. The fourth-order valence-corrected chi connectivity index (χ4v) is 6.72. The van der Waals surface area contributed by atoms with Gasteiger partial charge in [0.25, 0.3) is 0 Å². The summed E-state index contributed by atoms with van der Waals surface area (Å²) in [5.74, 6) is 0.0607. The van der Waals surface area contributed by atoms with Crippen LogP contribution in [0.25, 0.3) is 22.0 Å². The Balaban J connectivity index is 0.00000137. The third kappa shape index (κ3) is 5.15. The number of sulfonamides is 1. The molecule has 1 spiro atoms. The Labute approximate surface area is 219 Å². The third-order valence-corrected chi connectivity index (χ3v) is 9.46. The Bertz CT molecular complexity index is 1390. The minimum Gasteiger partial charge on any atom is -0.363 e. The molecular weight excluding hydrogens is 486 g/mol. The molecule has 196 valence electrons. The number of aryl methyl sites for hydroxylation is 1. The van der Waals surface area contributed by atoms with E-state index in [0.717, 1.165) is 40.4 Å². The predicted octanol–water partition coefficient (Wildman–Crippen LogP) is 4.78. The van der Waals surface area contributed by atoms with Crippen molar-refractivity contribution in [1.82, 2.24) is 14.2 Å². The summed E-state index contributed by atoms with van der Waals surface area (Å²) in [6.07, 6.45) is 5.18. The van der Waals surface area contributed by atoms with Crippen molar-refractivity contribution in [1.29, 1.82) is 0 Å². The summed E-state index contributed by atoms with van der Waals surface area (Å²) in [7, 11) is -3.60. The van der Waals surface area contributed by atoms with Crippen LogP contribution in [0, 0.1) is 6.92 Å². The first-order valence-electron chi connectivity index (χ1n) is 13.2. The second-order valence-electron chi connectivity index (χ2n) is 10.1. The summed E-state index contributed by atoms with van der Waals surface area (Å²) >= 11 is 0. The number of fused-ring (bicyclic) bond motifs is 1. The van der Waals surface area contributed by atoms with Crippen LogP contribution in [0.1, 0.15) is 45.1 Å². The standard InChI is InChI=1S/C27H29N3O4S.C2H6/c1-19-14-22-3-2-21(15-25(22)28-16-19)20-4-8-24(9-5-20)35(32,33)29-12-10-27(11-13-29)18-30(23-6-7-23)26(31)17-34-27;1-2/h2-5,8-9,14-16,23H,6-7,10-13,17-18H2,1H3;1-2H3. The molecule has 7 nitrogen and oxygen atoms in total. The zero-order valence-electron chi connectivity index (χ0n) is 21.8. The maximum Gasteiger partial charge on any atom is 0.248 e. The van der Waals surface area contributed by atoms with Crippen molar-refractivity contribution in [3.63, 3.8) is 0 Å². The first-order valence-corrected chi connectivity index (χ1v) is 14.7. The number of morpholine rings is 1. The highest BCUT2D eigenvalue weighted by molar-refractivity contribution is 7.89. The van der Waals surface area contributed by atoms with Crippen molar-refractivity contribution in [2.75, 3.05) is 26.2 Å². The Kier molecular flexibility index (Phi) is 7.09. The quantitative estimate of drug-likeness (QED) is 0.494. The van der Waals surface area contributed by atoms with Gasteiger partial charge in [-0.25, -0.2) is 8.42 Å². The molecule has 2 aliphatic heterocycles. The summed E-state index contributed by atoms with van der Waals surface area (Å²) in [6.45, 7) is 7.50. The van der Waals surface area contributed by atoms with E-state index in [9.17, 15) is 13.2 Å². The Morgan fingerprint density at radius 2 is 1.65 bits per heavy atom. The monoisotopic (exact) mass is 521 g/mol. The number of ether oxygens (including phenoxy) is 1. The van der Waals surface area contributed by atoms with Gasteiger partial charge in [-0.05, 0) is 73.6 Å². The van der Waals surface area contributed by atoms with Crippen molar-refractivity contribution in [3.05, 3.63) is 60.3 Å². The molecule has 0 atom stereocenters. The van der Waals surface area contributed by atoms with Gasteiger partial charge < -0.3 is 9.64 Å². The van der Waals surface area contributed by atoms with E-state index < -0.39 is 15.6 Å². The molecular formula is C29H35N3O4S. The van der Waals surface area contributed by atoms with Crippen molar-refractivity contribution in [2.24, 2.45) is 0 Å². The van der Waals surface area contributed by atoms with Gasteiger partial charge in [-0.15, -0.1) is 0 Å². The SMILES string of the molecule is CC.Cc1cnc2cc(-c3ccc(S(=O)(=O)N4CCC5(CC4)CN(C4CC4)C(=O)CO5)cc3)ccc2c1. The fraction of sp³-hybridized carbons (Fsp3) is 0.448. The maximum atomic E-state index is 13.4. The van der Waals surface area contributed by atoms with Crippen LogP contribution in [0.5, 0.6) is 0 Å². The lowest BCUT2D eigenvalue weighted by Gasteiger charge is -2.46. The average molecular weight is 522 g/mol. The van der Waals surface area contributed by atoms with Crippen LogP contribution in [-0.2, 0) is 19.6 Å². The van der Waals surface area contributed by atoms with Gasteiger partial charge >= 0.3 is 0 Å². The van der Waals surface area contributed by atoms with Gasteiger partial charge in [0.1, 0.15) is 6.61 Å². The van der Waals surface area contributed by atoms with Gasteiger partial charge in [-0.3, -0.25) is 9.78 Å². The Morgan fingerprint density at radius 3 is 2.32 bits per heavy atom. The van der Waals surface area contributed by atoms with E-state index >= 15 is 0 Å². The van der Waals surface area contributed by atoms with Gasteiger partial charge in [0.05, 0.1) is 22.6 Å². The second-order valence-corrected chi connectivity index (χ2v) is 12.0. The van der Waals surface area contributed by atoms with E-state index in [1.54, 1.807) is 16.4 Å². The van der Waals surface area contributed by atoms with E-state index in [1.807, 2.05) is 62.2 Å². The van der Waals surface area contributed by atoms with Crippen LogP contribution >= 0.6 is 0 Å². The predicted molar refractivity (Wildman–Crippen MR) is 145 cm³/mol. The molecule has 37 heavy (non-hydrogen) atoms. The first-order chi connectivity index (χ1) is 17.8. The van der Waals surface area contributed by atoms with E-state index in [4.69, 9.17) is 4.74 Å². The minimum atomic E-state index is -3.60. The molecule has 6 rings (SSSR count). The molecule has 3 aliphatic rings. The highest BCUT2D eigenvalue weighted by Gasteiger charge is 2.47. The molecule has 0 N–H and O–H groups in total. The summed E-state index contributed by atoms with van der Waals surface area (Å²) in [6, 6.07) is 15.7. The molecule has 1 saturated carbocycles. The maximum absolute atomic E-state index is 13.4. The van der Waals surface area contributed by atoms with Crippen LogP contribution in [0.3, 0.4) is 0 Å². The molecule has 0 radical (unpaired) electrons. The van der Waals surface area contributed by atoms with E-state index in [0.29, 0.717) is 43.4 Å². The normalized spacial score (nSPS) is 20.1. The molecule has 0 unspecified atom stereocenters. The molecule has 1 amide bonds. The Hall–Kier alpha value is -2.81. The van der Waals surface area contributed by atoms with Crippen molar-refractivity contribution in [2.45, 2.75) is 63.0 Å². The number of amides is 1. The number of hydrogen-bond donors (Lipinski definition) is 0. The summed E-state index contributed by atoms with van der Waals surface area (Å²) in [4.78, 5) is 19.0. The largest absolute Gasteiger partial charge is 0.363 e. The van der Waals surface area contributed by atoms with Crippen LogP contribution < -0.4 is 0 Å². The number of benzene rings is 2. The second kappa shape index (κ2) is 10.2. The number of pyridine rings is 1. The highest BCUT2D eigenvalue weighted by Crippen LogP contribution is 2.37. The topological polar surface area (TPSA) is 79.8 Å². The summed E-state index contributed by atoms with van der Waals surface area (Å²) < 4.78 is 34.2. The molecule has 1 aromatic heterocycles. The molecule has 2 saturated heterocycles. The van der Waals surface area contributed by atoms with E-state index in [-0.39, 0.29) is 12.5 Å².